The Morgan fingerprint density at radius 1 is 1.25 bits per heavy atom. The first-order valence-corrected chi connectivity index (χ1v) is 10.2. The summed E-state index contributed by atoms with van der Waals surface area (Å²) in [5.74, 6) is 0.976. The molecule has 0 unspecified atom stereocenters. The molecule has 1 aliphatic carbocycles. The van der Waals surface area contributed by atoms with E-state index in [1.165, 1.54) is 0 Å². The first kappa shape index (κ1) is 18.7. The Morgan fingerprint density at radius 2 is 2.04 bits per heavy atom. The van der Waals surface area contributed by atoms with E-state index in [9.17, 15) is 14.7 Å². The van der Waals surface area contributed by atoms with E-state index in [1.807, 2.05) is 18.2 Å². The first-order valence-electron chi connectivity index (χ1n) is 9.21. The van der Waals surface area contributed by atoms with Crippen molar-refractivity contribution >= 4 is 17.7 Å². The molecule has 1 saturated carbocycles. The largest absolute Gasteiger partial charge is 0.493 e. The summed E-state index contributed by atoms with van der Waals surface area (Å²) in [6.45, 7) is 0.570. The minimum absolute atomic E-state index is 0.0831. The molecule has 0 atom stereocenters. The second kappa shape index (κ2) is 8.14. The van der Waals surface area contributed by atoms with Crippen LogP contribution in [0.25, 0.3) is 0 Å². The highest BCUT2D eigenvalue weighted by Crippen LogP contribution is 2.33. The fourth-order valence-electron chi connectivity index (χ4n) is 3.49. The molecule has 8 nitrogen and oxygen atoms in total. The summed E-state index contributed by atoms with van der Waals surface area (Å²) in [6.07, 6.45) is 3.96. The van der Waals surface area contributed by atoms with Gasteiger partial charge in [0.15, 0.2) is 16.7 Å². The maximum absolute atomic E-state index is 12.3. The van der Waals surface area contributed by atoms with Crippen molar-refractivity contribution in [3.05, 3.63) is 40.2 Å². The molecule has 1 fully saturated rings. The molecule has 28 heavy (non-hydrogen) atoms. The van der Waals surface area contributed by atoms with Crippen LogP contribution in [0.1, 0.15) is 37.3 Å². The van der Waals surface area contributed by atoms with Crippen molar-refractivity contribution in [2.45, 2.75) is 43.4 Å². The van der Waals surface area contributed by atoms with Crippen LogP contribution in [-0.2, 0) is 11.3 Å². The van der Waals surface area contributed by atoms with Gasteiger partial charge in [0.25, 0.3) is 5.56 Å². The van der Waals surface area contributed by atoms with Crippen LogP contribution < -0.4 is 20.3 Å². The van der Waals surface area contributed by atoms with E-state index >= 15 is 0 Å². The zero-order valence-corrected chi connectivity index (χ0v) is 16.0. The molecule has 0 saturated heterocycles. The van der Waals surface area contributed by atoms with Crippen LogP contribution in [0.2, 0.25) is 0 Å². The van der Waals surface area contributed by atoms with Crippen molar-refractivity contribution < 1.29 is 19.4 Å². The molecule has 0 bridgehead atoms. The predicted octanol–water partition coefficient (Wildman–Crippen LogP) is 2.20. The molecule has 2 N–H and O–H groups in total. The number of aromatic nitrogens is 2. The molecule has 0 spiro atoms. The molecule has 1 aliphatic heterocycles. The van der Waals surface area contributed by atoms with Crippen LogP contribution >= 0.6 is 11.8 Å². The fourth-order valence-corrected chi connectivity index (χ4v) is 4.39. The Hall–Kier alpha value is -2.68. The van der Waals surface area contributed by atoms with Gasteiger partial charge in [-0.15, -0.1) is 0 Å². The Kier molecular flexibility index (Phi) is 5.43. The molecule has 1 aromatic heterocycles. The topological polar surface area (TPSA) is 103 Å². The van der Waals surface area contributed by atoms with Gasteiger partial charge < -0.3 is 19.9 Å². The highest BCUT2D eigenvalue weighted by molar-refractivity contribution is 7.99. The quantitative estimate of drug-likeness (QED) is 0.563. The number of nitrogens with zero attached hydrogens (tertiary/aromatic N) is 2. The van der Waals surface area contributed by atoms with Crippen molar-refractivity contribution in [2.24, 2.45) is 0 Å². The lowest BCUT2D eigenvalue weighted by Crippen LogP contribution is -2.27. The average Bonchev–Trinajstić information content (AvgIpc) is 3.35. The standard InChI is InChI=1S/C19H21N3O5S/c23-16-8-18(25)22(13-3-1-2-4-13)19(21-16)28-10-17(24)20-9-12-5-6-14-15(7-12)27-11-26-14/h5-8,13,23H,1-4,9-11H2,(H,20,24). The molecule has 2 aliphatic rings. The lowest BCUT2D eigenvalue weighted by Gasteiger charge is -2.17. The fraction of sp³-hybridized carbons (Fsp3) is 0.421. The number of ether oxygens (including phenoxy) is 2. The Morgan fingerprint density at radius 3 is 2.86 bits per heavy atom. The molecule has 2 heterocycles. The number of fused-ring (bicyclic) bond motifs is 1. The number of amides is 1. The van der Waals surface area contributed by atoms with E-state index in [0.717, 1.165) is 49.1 Å². The van der Waals surface area contributed by atoms with E-state index < -0.39 is 0 Å². The Balaban J connectivity index is 1.37. The van der Waals surface area contributed by atoms with Crippen LogP contribution in [0.4, 0.5) is 0 Å². The summed E-state index contributed by atoms with van der Waals surface area (Å²) >= 11 is 1.16. The van der Waals surface area contributed by atoms with Crippen molar-refractivity contribution in [2.75, 3.05) is 12.5 Å². The van der Waals surface area contributed by atoms with Gasteiger partial charge >= 0.3 is 0 Å². The Labute approximate surface area is 165 Å². The lowest BCUT2D eigenvalue weighted by atomic mass is 10.2. The number of hydrogen-bond acceptors (Lipinski definition) is 7. The van der Waals surface area contributed by atoms with Gasteiger partial charge in [-0.3, -0.25) is 14.2 Å². The normalized spacial score (nSPS) is 15.7. The minimum Gasteiger partial charge on any atom is -0.493 e. The molecule has 148 valence electrons. The molecular formula is C19H21N3O5S. The zero-order chi connectivity index (χ0) is 19.5. The molecule has 9 heteroatoms. The van der Waals surface area contributed by atoms with Crippen molar-refractivity contribution in [3.8, 4) is 17.4 Å². The van der Waals surface area contributed by atoms with Gasteiger partial charge in [0.05, 0.1) is 11.8 Å². The van der Waals surface area contributed by atoms with Crippen LogP contribution in [0, 0.1) is 0 Å². The lowest BCUT2D eigenvalue weighted by molar-refractivity contribution is -0.118. The number of carbonyl (C=O) groups is 1. The number of thioether (sulfide) groups is 1. The van der Waals surface area contributed by atoms with E-state index in [4.69, 9.17) is 9.47 Å². The molecule has 1 amide bonds. The summed E-state index contributed by atoms with van der Waals surface area (Å²) in [4.78, 5) is 28.7. The van der Waals surface area contributed by atoms with E-state index in [0.29, 0.717) is 23.2 Å². The third kappa shape index (κ3) is 4.09. The highest BCUT2D eigenvalue weighted by atomic mass is 32.2. The number of rotatable bonds is 6. The van der Waals surface area contributed by atoms with E-state index in [2.05, 4.69) is 10.3 Å². The van der Waals surface area contributed by atoms with Crippen LogP contribution in [0.3, 0.4) is 0 Å². The molecule has 1 aromatic carbocycles. The van der Waals surface area contributed by atoms with E-state index in [1.54, 1.807) is 4.57 Å². The average molecular weight is 403 g/mol. The van der Waals surface area contributed by atoms with Gasteiger partial charge in [0.1, 0.15) is 0 Å². The molecule has 4 rings (SSSR count). The predicted molar refractivity (Wildman–Crippen MR) is 103 cm³/mol. The van der Waals surface area contributed by atoms with Gasteiger partial charge in [-0.2, -0.15) is 4.98 Å². The summed E-state index contributed by atoms with van der Waals surface area (Å²) in [7, 11) is 0. The maximum Gasteiger partial charge on any atom is 0.258 e. The number of hydrogen-bond donors (Lipinski definition) is 2. The zero-order valence-electron chi connectivity index (χ0n) is 15.2. The second-order valence-electron chi connectivity index (χ2n) is 6.80. The number of nitrogens with one attached hydrogen (secondary N) is 1. The third-order valence-corrected chi connectivity index (χ3v) is 5.81. The number of carbonyl (C=O) groups excluding carboxylic acids is 1. The maximum atomic E-state index is 12.3. The molecular weight excluding hydrogens is 382 g/mol. The Bertz CT molecular complexity index is 940. The van der Waals surface area contributed by atoms with Gasteiger partial charge in [-0.1, -0.05) is 30.7 Å². The smallest absolute Gasteiger partial charge is 0.258 e. The summed E-state index contributed by atoms with van der Waals surface area (Å²) in [6, 6.07) is 6.73. The first-order chi connectivity index (χ1) is 13.6. The van der Waals surface area contributed by atoms with Gasteiger partial charge in [-0.05, 0) is 30.5 Å². The molecule has 2 aromatic rings. The highest BCUT2D eigenvalue weighted by Gasteiger charge is 2.22. The summed E-state index contributed by atoms with van der Waals surface area (Å²) in [5, 5.41) is 12.9. The number of benzene rings is 1. The monoisotopic (exact) mass is 403 g/mol. The van der Waals surface area contributed by atoms with Crippen LogP contribution in [0.15, 0.2) is 34.2 Å². The summed E-state index contributed by atoms with van der Waals surface area (Å²) < 4.78 is 12.2. The molecule has 0 radical (unpaired) electrons. The summed E-state index contributed by atoms with van der Waals surface area (Å²) in [5.41, 5.74) is 0.628. The van der Waals surface area contributed by atoms with Gasteiger partial charge in [0, 0.05) is 12.6 Å². The number of aromatic hydroxyl groups is 1. The van der Waals surface area contributed by atoms with Gasteiger partial charge in [0.2, 0.25) is 18.6 Å². The van der Waals surface area contributed by atoms with Crippen molar-refractivity contribution in [1.29, 1.82) is 0 Å². The van der Waals surface area contributed by atoms with Crippen LogP contribution in [0.5, 0.6) is 17.4 Å². The second-order valence-corrected chi connectivity index (χ2v) is 7.74. The van der Waals surface area contributed by atoms with Crippen molar-refractivity contribution in [1.82, 2.24) is 14.9 Å². The SMILES string of the molecule is O=C(CSc1nc(O)cc(=O)n1C1CCCC1)NCc1ccc2c(c1)OCO2. The third-order valence-electron chi connectivity index (χ3n) is 4.86. The van der Waals surface area contributed by atoms with E-state index in [-0.39, 0.29) is 35.9 Å². The minimum atomic E-state index is -0.317. The van der Waals surface area contributed by atoms with Crippen molar-refractivity contribution in [3.63, 3.8) is 0 Å². The van der Waals surface area contributed by atoms with Gasteiger partial charge in [-0.25, -0.2) is 0 Å². The van der Waals surface area contributed by atoms with Crippen LogP contribution in [-0.4, -0.2) is 33.1 Å².